The first-order valence-corrected chi connectivity index (χ1v) is 13.6. The van der Waals surface area contributed by atoms with Crippen LogP contribution < -0.4 is 0 Å². The Labute approximate surface area is 144 Å². The molecule has 126 valence electrons. The van der Waals surface area contributed by atoms with E-state index in [1.54, 1.807) is 0 Å². The van der Waals surface area contributed by atoms with E-state index in [9.17, 15) is 0 Å². The fourth-order valence-corrected chi connectivity index (χ4v) is 7.00. The molecule has 0 saturated carbocycles. The zero-order valence-electron chi connectivity index (χ0n) is 15.2. The summed E-state index contributed by atoms with van der Waals surface area (Å²) in [7, 11) is 0. The van der Waals surface area contributed by atoms with Crippen LogP contribution >= 0.6 is 0 Å². The van der Waals surface area contributed by atoms with Gasteiger partial charge in [0, 0.05) is 0 Å². The van der Waals surface area contributed by atoms with E-state index >= 15 is 0 Å². The van der Waals surface area contributed by atoms with Gasteiger partial charge < -0.3 is 0 Å². The molecule has 0 aromatic heterocycles. The van der Waals surface area contributed by atoms with Crippen molar-refractivity contribution in [1.82, 2.24) is 0 Å². The first-order chi connectivity index (χ1) is 10.2. The number of hydrogen-bond donors (Lipinski definition) is 0. The number of rotatable bonds is 15. The Morgan fingerprint density at radius 1 is 0.905 bits per heavy atom. The third kappa shape index (κ3) is 8.80. The predicted octanol–water partition coefficient (Wildman–Crippen LogP) is 5.63. The summed E-state index contributed by atoms with van der Waals surface area (Å²) in [5.41, 5.74) is 0.419. The Kier molecular flexibility index (Phi) is 14.8. The van der Waals surface area contributed by atoms with Gasteiger partial charge >= 0.3 is 144 Å². The summed E-state index contributed by atoms with van der Waals surface area (Å²) in [6.07, 6.45) is 11.5. The van der Waals surface area contributed by atoms with Crippen molar-refractivity contribution in [3.63, 3.8) is 0 Å². The summed E-state index contributed by atoms with van der Waals surface area (Å²) in [4.78, 5) is 2.42. The quantitative estimate of drug-likeness (QED) is 0.200. The van der Waals surface area contributed by atoms with Gasteiger partial charge in [0.05, 0.1) is 0 Å². The molecule has 0 heterocycles. The molecule has 0 bridgehead atoms. The molecule has 0 aliphatic rings. The zero-order chi connectivity index (χ0) is 16.0. The minimum atomic E-state index is -0.459. The molecule has 0 aliphatic carbocycles. The molecule has 0 fully saturated rings. The maximum atomic E-state index is 6.20. The van der Waals surface area contributed by atoms with Gasteiger partial charge in [-0.25, -0.2) is 0 Å². The van der Waals surface area contributed by atoms with Crippen molar-refractivity contribution in [3.8, 4) is 0 Å². The normalized spacial score (nSPS) is 13.6. The van der Waals surface area contributed by atoms with Crippen LogP contribution in [0.5, 0.6) is 0 Å². The van der Waals surface area contributed by atoms with Gasteiger partial charge in [0.2, 0.25) is 0 Å². The van der Waals surface area contributed by atoms with E-state index in [4.69, 9.17) is 9.47 Å². The average molecular weight is 405 g/mol. The van der Waals surface area contributed by atoms with Gasteiger partial charge in [-0.05, 0) is 0 Å². The Morgan fingerprint density at radius 3 is 2.10 bits per heavy atom. The first kappa shape index (κ1) is 21.7. The van der Waals surface area contributed by atoms with Crippen LogP contribution in [-0.4, -0.2) is 38.7 Å². The van der Waals surface area contributed by atoms with Gasteiger partial charge in [0.1, 0.15) is 0 Å². The maximum absolute atomic E-state index is 6.20. The fourth-order valence-electron chi connectivity index (χ4n) is 3.01. The zero-order valence-corrected chi connectivity index (χ0v) is 18.0. The van der Waals surface area contributed by atoms with Crippen LogP contribution in [-0.2, 0) is 9.47 Å². The van der Waals surface area contributed by atoms with E-state index in [0.29, 0.717) is 16.3 Å². The van der Waals surface area contributed by atoms with Crippen LogP contribution in [0.15, 0.2) is 0 Å². The predicted molar refractivity (Wildman–Crippen MR) is 94.0 cm³/mol. The van der Waals surface area contributed by atoms with E-state index in [-0.39, 0.29) is 0 Å². The molecule has 0 aliphatic heterocycles. The molecule has 2 radical (unpaired) electrons. The molecule has 0 N–H and O–H groups in total. The standard InChI is InChI=1S/C17H35O2.CH3.Sn/c1-5-9-11-12-14-18-16-19-15-17(7-3,8-4)13-10-6-2;;/h15H,5-14,16H2,1-4H3;1H3;. The number of hydrogen-bond acceptors (Lipinski definition) is 2. The summed E-state index contributed by atoms with van der Waals surface area (Å²) >= 11 is -0.459. The van der Waals surface area contributed by atoms with Crippen molar-refractivity contribution in [2.45, 2.75) is 94.5 Å². The SMILES string of the molecule is CCCCCCOCO[CH]([Sn][CH3])C(CC)(CC)CCCC. The van der Waals surface area contributed by atoms with Gasteiger partial charge in [-0.2, -0.15) is 0 Å². The Morgan fingerprint density at radius 2 is 1.57 bits per heavy atom. The number of ether oxygens (including phenoxy) is 2. The molecule has 0 spiro atoms. The molecule has 0 rings (SSSR count). The fraction of sp³-hybridized carbons (Fsp3) is 1.00. The van der Waals surface area contributed by atoms with Crippen LogP contribution in [0.1, 0.15) is 85.5 Å². The molecule has 0 amide bonds. The van der Waals surface area contributed by atoms with Crippen molar-refractivity contribution in [1.29, 1.82) is 0 Å². The Bertz CT molecular complexity index is 217. The molecule has 21 heavy (non-hydrogen) atoms. The van der Waals surface area contributed by atoms with E-state index in [1.807, 2.05) is 0 Å². The third-order valence-corrected chi connectivity index (χ3v) is 8.44. The molecule has 2 nitrogen and oxygen atoms in total. The van der Waals surface area contributed by atoms with Crippen molar-refractivity contribution in [2.75, 3.05) is 13.4 Å². The topological polar surface area (TPSA) is 18.5 Å². The molecule has 1 unspecified atom stereocenters. The van der Waals surface area contributed by atoms with Crippen molar-refractivity contribution in [3.05, 3.63) is 0 Å². The van der Waals surface area contributed by atoms with Crippen LogP contribution in [0.4, 0.5) is 0 Å². The van der Waals surface area contributed by atoms with E-state index in [2.05, 4.69) is 32.6 Å². The van der Waals surface area contributed by atoms with Crippen molar-refractivity contribution >= 4 is 21.1 Å². The second-order valence-electron chi connectivity index (χ2n) is 6.10. The van der Waals surface area contributed by atoms with E-state index in [0.717, 1.165) is 6.61 Å². The van der Waals surface area contributed by atoms with E-state index < -0.39 is 21.1 Å². The molecular formula is C18H38O2Sn. The van der Waals surface area contributed by atoms with Gasteiger partial charge in [0.25, 0.3) is 0 Å². The van der Waals surface area contributed by atoms with Gasteiger partial charge in [-0.15, -0.1) is 0 Å². The van der Waals surface area contributed by atoms with Crippen LogP contribution in [0.2, 0.25) is 4.94 Å². The molecule has 1 atom stereocenters. The molecule has 0 saturated heterocycles. The van der Waals surface area contributed by atoms with Crippen LogP contribution in [0.3, 0.4) is 0 Å². The molecule has 0 aromatic carbocycles. The average Bonchev–Trinajstić information content (AvgIpc) is 2.52. The van der Waals surface area contributed by atoms with Crippen molar-refractivity contribution < 1.29 is 9.47 Å². The molecule has 3 heteroatoms. The third-order valence-electron chi connectivity index (χ3n) is 4.72. The summed E-state index contributed by atoms with van der Waals surface area (Å²) in [6.45, 7) is 10.6. The number of unbranched alkanes of at least 4 members (excludes halogenated alkanes) is 4. The Hall–Kier alpha value is 0.719. The minimum absolute atomic E-state index is 0.419. The van der Waals surface area contributed by atoms with Gasteiger partial charge in [-0.3, -0.25) is 0 Å². The van der Waals surface area contributed by atoms with Crippen LogP contribution in [0, 0.1) is 5.41 Å². The molecular weight excluding hydrogens is 367 g/mol. The van der Waals surface area contributed by atoms with Crippen LogP contribution in [0.25, 0.3) is 0 Å². The summed E-state index contributed by atoms with van der Waals surface area (Å²) < 4.78 is 12.4. The summed E-state index contributed by atoms with van der Waals surface area (Å²) in [5.74, 6) is 0. The van der Waals surface area contributed by atoms with Gasteiger partial charge in [-0.1, -0.05) is 0 Å². The monoisotopic (exact) mass is 406 g/mol. The first-order valence-electron chi connectivity index (χ1n) is 9.07. The summed E-state index contributed by atoms with van der Waals surface area (Å²) in [6, 6.07) is 0. The Balaban J connectivity index is 4.13. The van der Waals surface area contributed by atoms with Gasteiger partial charge in [0.15, 0.2) is 0 Å². The summed E-state index contributed by atoms with van der Waals surface area (Å²) in [5, 5.41) is 0. The van der Waals surface area contributed by atoms with Crippen molar-refractivity contribution in [2.24, 2.45) is 5.41 Å². The molecule has 0 aromatic rings. The van der Waals surface area contributed by atoms with E-state index in [1.165, 1.54) is 57.8 Å². The second-order valence-corrected chi connectivity index (χ2v) is 9.24. The second kappa shape index (κ2) is 14.3.